The highest BCUT2D eigenvalue weighted by molar-refractivity contribution is 6.31. The van der Waals surface area contributed by atoms with Crippen molar-refractivity contribution in [3.8, 4) is 0 Å². The second kappa shape index (κ2) is 5.48. The Morgan fingerprint density at radius 3 is 3.00 bits per heavy atom. The standard InChI is InChI=1S/C18H14ClN3O/c19-13-5-4-12-7-9-22(17(12)10-13)11-18(23)21-16-3-1-2-15-14(16)6-8-20-15/h1-10,20H,11H2,(H,21,23). The van der Waals surface area contributed by atoms with E-state index in [1.165, 1.54) is 0 Å². The van der Waals surface area contributed by atoms with Gasteiger partial charge in [0.25, 0.3) is 0 Å². The van der Waals surface area contributed by atoms with Crippen molar-refractivity contribution >= 4 is 45.0 Å². The molecule has 0 radical (unpaired) electrons. The molecule has 0 saturated heterocycles. The third-order valence-corrected chi connectivity index (χ3v) is 4.15. The number of carbonyl (C=O) groups is 1. The lowest BCUT2D eigenvalue weighted by Crippen LogP contribution is -2.18. The summed E-state index contributed by atoms with van der Waals surface area (Å²) in [6.45, 7) is 0.241. The van der Waals surface area contributed by atoms with Crippen LogP contribution in [0.5, 0.6) is 0 Å². The first-order valence-corrected chi connectivity index (χ1v) is 7.69. The first-order chi connectivity index (χ1) is 11.2. The average molecular weight is 324 g/mol. The van der Waals surface area contributed by atoms with Crippen molar-refractivity contribution in [1.82, 2.24) is 9.55 Å². The third kappa shape index (κ3) is 2.58. The molecule has 0 unspecified atom stereocenters. The molecule has 0 spiro atoms. The van der Waals surface area contributed by atoms with Gasteiger partial charge in [0.1, 0.15) is 6.54 Å². The third-order valence-electron chi connectivity index (χ3n) is 3.92. The van der Waals surface area contributed by atoms with E-state index in [0.29, 0.717) is 5.02 Å². The van der Waals surface area contributed by atoms with Gasteiger partial charge in [0.05, 0.1) is 5.69 Å². The SMILES string of the molecule is O=C(Cn1ccc2ccc(Cl)cc21)Nc1cccc2[nH]ccc12. The highest BCUT2D eigenvalue weighted by Gasteiger charge is 2.09. The molecule has 0 aliphatic heterocycles. The van der Waals surface area contributed by atoms with Gasteiger partial charge in [-0.1, -0.05) is 23.7 Å². The number of carbonyl (C=O) groups excluding carboxylic acids is 1. The maximum absolute atomic E-state index is 12.4. The van der Waals surface area contributed by atoms with Gasteiger partial charge in [0.2, 0.25) is 5.91 Å². The first kappa shape index (κ1) is 13.9. The Kier molecular flexibility index (Phi) is 3.32. The number of rotatable bonds is 3. The minimum Gasteiger partial charge on any atom is -0.361 e. The summed E-state index contributed by atoms with van der Waals surface area (Å²) in [5, 5.41) is 5.70. The van der Waals surface area contributed by atoms with Crippen LogP contribution in [0, 0.1) is 0 Å². The van der Waals surface area contributed by atoms with Crippen LogP contribution in [-0.2, 0) is 11.3 Å². The zero-order valence-corrected chi connectivity index (χ0v) is 13.0. The fourth-order valence-corrected chi connectivity index (χ4v) is 3.00. The number of halogens is 1. The molecule has 0 aliphatic rings. The number of H-pyrrole nitrogens is 1. The van der Waals surface area contributed by atoms with Gasteiger partial charge in [-0.15, -0.1) is 0 Å². The molecule has 4 nitrogen and oxygen atoms in total. The van der Waals surface area contributed by atoms with Gasteiger partial charge in [-0.05, 0) is 41.8 Å². The Bertz CT molecular complexity index is 1020. The van der Waals surface area contributed by atoms with Crippen LogP contribution in [0.2, 0.25) is 5.02 Å². The Hall–Kier alpha value is -2.72. The van der Waals surface area contributed by atoms with E-state index in [1.807, 2.05) is 65.5 Å². The summed E-state index contributed by atoms with van der Waals surface area (Å²) in [4.78, 5) is 15.5. The van der Waals surface area contributed by atoms with Crippen molar-refractivity contribution in [1.29, 1.82) is 0 Å². The van der Waals surface area contributed by atoms with E-state index in [4.69, 9.17) is 11.6 Å². The molecule has 1 amide bonds. The van der Waals surface area contributed by atoms with Crippen molar-refractivity contribution in [2.24, 2.45) is 0 Å². The van der Waals surface area contributed by atoms with Gasteiger partial charge >= 0.3 is 0 Å². The van der Waals surface area contributed by atoms with E-state index in [2.05, 4.69) is 10.3 Å². The zero-order valence-electron chi connectivity index (χ0n) is 12.2. The second-order valence-corrected chi connectivity index (χ2v) is 5.88. The van der Waals surface area contributed by atoms with E-state index < -0.39 is 0 Å². The summed E-state index contributed by atoms with van der Waals surface area (Å²) in [5.74, 6) is -0.0730. The summed E-state index contributed by atoms with van der Waals surface area (Å²) in [6.07, 6.45) is 3.76. The number of benzene rings is 2. The lowest BCUT2D eigenvalue weighted by molar-refractivity contribution is -0.116. The number of anilines is 1. The fourth-order valence-electron chi connectivity index (χ4n) is 2.83. The highest BCUT2D eigenvalue weighted by Crippen LogP contribution is 2.23. The molecule has 4 aromatic rings. The number of nitrogens with one attached hydrogen (secondary N) is 2. The maximum atomic E-state index is 12.4. The number of aromatic amines is 1. The Morgan fingerprint density at radius 2 is 2.09 bits per heavy atom. The van der Waals surface area contributed by atoms with Crippen LogP contribution in [0.1, 0.15) is 0 Å². The van der Waals surface area contributed by atoms with E-state index in [-0.39, 0.29) is 12.5 Å². The minimum atomic E-state index is -0.0730. The van der Waals surface area contributed by atoms with E-state index in [9.17, 15) is 4.79 Å². The molecule has 2 aromatic heterocycles. The average Bonchev–Trinajstić information content (AvgIpc) is 3.15. The molecule has 0 bridgehead atoms. The first-order valence-electron chi connectivity index (χ1n) is 7.31. The summed E-state index contributed by atoms with van der Waals surface area (Å²) < 4.78 is 1.90. The van der Waals surface area contributed by atoms with Gasteiger partial charge in [0, 0.05) is 33.8 Å². The van der Waals surface area contributed by atoms with Crippen LogP contribution >= 0.6 is 11.6 Å². The lowest BCUT2D eigenvalue weighted by atomic mass is 10.2. The van der Waals surface area contributed by atoms with Crippen molar-refractivity contribution in [2.75, 3.05) is 5.32 Å². The van der Waals surface area contributed by atoms with Gasteiger partial charge in [0.15, 0.2) is 0 Å². The molecular formula is C18H14ClN3O. The Balaban J connectivity index is 1.60. The molecule has 4 rings (SSSR count). The number of amides is 1. The van der Waals surface area contributed by atoms with Crippen molar-refractivity contribution in [2.45, 2.75) is 6.54 Å². The largest absolute Gasteiger partial charge is 0.361 e. The molecule has 5 heteroatoms. The molecule has 0 atom stereocenters. The zero-order chi connectivity index (χ0) is 15.8. The topological polar surface area (TPSA) is 49.8 Å². The molecule has 23 heavy (non-hydrogen) atoms. The normalized spacial score (nSPS) is 11.2. The monoisotopic (exact) mass is 323 g/mol. The van der Waals surface area contributed by atoms with Crippen LogP contribution in [0.15, 0.2) is 60.9 Å². The van der Waals surface area contributed by atoms with Crippen molar-refractivity contribution in [3.05, 3.63) is 65.9 Å². The quantitative estimate of drug-likeness (QED) is 0.576. The second-order valence-electron chi connectivity index (χ2n) is 5.44. The van der Waals surface area contributed by atoms with Gasteiger partial charge in [-0.3, -0.25) is 4.79 Å². The van der Waals surface area contributed by atoms with Crippen LogP contribution in [0.3, 0.4) is 0 Å². The number of hydrogen-bond acceptors (Lipinski definition) is 1. The summed E-state index contributed by atoms with van der Waals surface area (Å²) in [6, 6.07) is 15.4. The molecule has 114 valence electrons. The maximum Gasteiger partial charge on any atom is 0.244 e. The Morgan fingerprint density at radius 1 is 1.17 bits per heavy atom. The number of fused-ring (bicyclic) bond motifs is 2. The number of hydrogen-bond donors (Lipinski definition) is 2. The number of nitrogens with zero attached hydrogens (tertiary/aromatic N) is 1. The minimum absolute atomic E-state index is 0.0730. The molecule has 0 saturated carbocycles. The smallest absolute Gasteiger partial charge is 0.244 e. The molecule has 0 aliphatic carbocycles. The van der Waals surface area contributed by atoms with Crippen LogP contribution in [0.4, 0.5) is 5.69 Å². The molecule has 0 fully saturated rings. The molecule has 2 N–H and O–H groups in total. The summed E-state index contributed by atoms with van der Waals surface area (Å²) in [7, 11) is 0. The van der Waals surface area contributed by atoms with Gasteiger partial charge in [-0.2, -0.15) is 0 Å². The summed E-state index contributed by atoms with van der Waals surface area (Å²) >= 11 is 6.05. The van der Waals surface area contributed by atoms with E-state index in [0.717, 1.165) is 27.5 Å². The van der Waals surface area contributed by atoms with E-state index in [1.54, 1.807) is 0 Å². The van der Waals surface area contributed by atoms with Crippen LogP contribution in [-0.4, -0.2) is 15.5 Å². The van der Waals surface area contributed by atoms with Crippen LogP contribution in [0.25, 0.3) is 21.8 Å². The van der Waals surface area contributed by atoms with Crippen LogP contribution < -0.4 is 5.32 Å². The van der Waals surface area contributed by atoms with Crippen molar-refractivity contribution in [3.63, 3.8) is 0 Å². The summed E-state index contributed by atoms with van der Waals surface area (Å²) in [5.41, 5.74) is 2.76. The van der Waals surface area contributed by atoms with E-state index >= 15 is 0 Å². The van der Waals surface area contributed by atoms with Gasteiger partial charge in [-0.25, -0.2) is 0 Å². The molecular weight excluding hydrogens is 310 g/mol. The Labute approximate surface area is 137 Å². The molecule has 2 aromatic carbocycles. The number of aromatic nitrogens is 2. The lowest BCUT2D eigenvalue weighted by Gasteiger charge is -2.09. The predicted octanol–water partition coefficient (Wildman–Crippen LogP) is 4.41. The predicted molar refractivity (Wildman–Crippen MR) is 93.9 cm³/mol. The fraction of sp³-hybridized carbons (Fsp3) is 0.0556. The van der Waals surface area contributed by atoms with Gasteiger partial charge < -0.3 is 14.9 Å². The highest BCUT2D eigenvalue weighted by atomic mass is 35.5. The molecule has 2 heterocycles. The van der Waals surface area contributed by atoms with Crippen molar-refractivity contribution < 1.29 is 4.79 Å².